The van der Waals surface area contributed by atoms with Crippen molar-refractivity contribution >= 4 is 5.91 Å². The number of hydrogen-bond acceptors (Lipinski definition) is 3. The summed E-state index contributed by atoms with van der Waals surface area (Å²) >= 11 is 0. The van der Waals surface area contributed by atoms with Gasteiger partial charge in [0, 0.05) is 17.7 Å². The topological polar surface area (TPSA) is 58.2 Å². The number of aromatic nitrogens is 2. The Kier molecular flexibility index (Phi) is 6.40. The minimum absolute atomic E-state index is 0.0302. The van der Waals surface area contributed by atoms with Crippen molar-refractivity contribution in [2.75, 3.05) is 13.2 Å². The molecule has 0 fully saturated rings. The van der Waals surface area contributed by atoms with E-state index >= 15 is 0 Å². The van der Waals surface area contributed by atoms with E-state index in [1.54, 1.807) is 0 Å². The smallest absolute Gasteiger partial charge is 0.273 e. The van der Waals surface area contributed by atoms with E-state index in [4.69, 9.17) is 4.74 Å². The van der Waals surface area contributed by atoms with Gasteiger partial charge in [-0.05, 0) is 37.5 Å². The molecule has 4 rings (SSSR count). The predicted octanol–water partition coefficient (Wildman–Crippen LogP) is 5.91. The molecule has 0 saturated carbocycles. The molecule has 0 spiro atoms. The number of nitrogens with zero attached hydrogens (tertiary/aromatic N) is 2. The first-order chi connectivity index (χ1) is 15.1. The number of H-pyrrole nitrogens is 1. The van der Waals surface area contributed by atoms with Gasteiger partial charge >= 0.3 is 0 Å². The van der Waals surface area contributed by atoms with E-state index in [2.05, 4.69) is 67.4 Å². The van der Waals surface area contributed by atoms with E-state index in [1.165, 1.54) is 5.56 Å². The molecule has 0 aliphatic carbocycles. The first kappa shape index (κ1) is 21.2. The lowest BCUT2D eigenvalue weighted by Crippen LogP contribution is -2.30. The second-order valence-corrected chi connectivity index (χ2v) is 8.25. The Labute approximate surface area is 184 Å². The van der Waals surface area contributed by atoms with E-state index in [0.717, 1.165) is 67.0 Å². The second kappa shape index (κ2) is 9.38. The molecule has 0 radical (unpaired) electrons. The molecule has 5 nitrogen and oxygen atoms in total. The molecule has 31 heavy (non-hydrogen) atoms. The molecule has 1 aromatic heterocycles. The van der Waals surface area contributed by atoms with Crippen molar-refractivity contribution in [3.63, 3.8) is 0 Å². The van der Waals surface area contributed by atoms with Gasteiger partial charge in [-0.1, -0.05) is 68.7 Å². The molecule has 162 valence electrons. The van der Waals surface area contributed by atoms with Crippen LogP contribution in [0.5, 0.6) is 5.75 Å². The minimum Gasteiger partial charge on any atom is -0.494 e. The molecule has 3 aromatic rings. The van der Waals surface area contributed by atoms with Crippen LogP contribution in [-0.2, 0) is 0 Å². The fourth-order valence-corrected chi connectivity index (χ4v) is 4.11. The summed E-state index contributed by atoms with van der Waals surface area (Å²) in [6.07, 6.45) is 4.16. The van der Waals surface area contributed by atoms with Crippen LogP contribution < -0.4 is 4.74 Å². The number of unbranched alkanes of at least 4 members (excludes halogenated alkanes) is 2. The molecule has 2 aromatic carbocycles. The number of hydrogen-bond donors (Lipinski definition) is 1. The number of aryl methyl sites for hydroxylation is 1. The van der Waals surface area contributed by atoms with Crippen molar-refractivity contribution in [3.8, 4) is 17.0 Å². The predicted molar refractivity (Wildman–Crippen MR) is 123 cm³/mol. The largest absolute Gasteiger partial charge is 0.494 e. The maximum Gasteiger partial charge on any atom is 0.273 e. The van der Waals surface area contributed by atoms with Crippen molar-refractivity contribution in [2.45, 2.75) is 52.5 Å². The van der Waals surface area contributed by atoms with Crippen LogP contribution >= 0.6 is 0 Å². The number of carbonyl (C=O) groups excluding carboxylic acids is 1. The molecule has 1 unspecified atom stereocenters. The Bertz CT molecular complexity index is 1020. The van der Waals surface area contributed by atoms with E-state index in [-0.39, 0.29) is 11.9 Å². The van der Waals surface area contributed by atoms with Crippen molar-refractivity contribution in [3.05, 3.63) is 70.9 Å². The van der Waals surface area contributed by atoms with Gasteiger partial charge in [0.05, 0.1) is 18.3 Å². The Hall–Kier alpha value is -3.08. The summed E-state index contributed by atoms with van der Waals surface area (Å²) in [5.74, 6) is 0.899. The second-order valence-electron chi connectivity index (χ2n) is 8.25. The molecule has 1 N–H and O–H groups in total. The average molecular weight is 418 g/mol. The molecule has 0 bridgehead atoms. The van der Waals surface area contributed by atoms with Gasteiger partial charge in [-0.3, -0.25) is 9.89 Å². The fourth-order valence-electron chi connectivity index (χ4n) is 4.11. The van der Waals surface area contributed by atoms with Crippen molar-refractivity contribution < 1.29 is 9.53 Å². The van der Waals surface area contributed by atoms with Crippen LogP contribution in [0.1, 0.15) is 72.8 Å². The highest BCUT2D eigenvalue weighted by atomic mass is 16.5. The maximum atomic E-state index is 13.3. The fraction of sp³-hybridized carbons (Fsp3) is 0.385. The molecular weight excluding hydrogens is 386 g/mol. The van der Waals surface area contributed by atoms with Crippen LogP contribution in [0, 0.1) is 6.92 Å². The van der Waals surface area contributed by atoms with E-state index < -0.39 is 0 Å². The number of nitrogens with one attached hydrogen (secondary N) is 1. The third-order valence-electron chi connectivity index (χ3n) is 5.90. The number of rotatable bonds is 9. The number of amides is 1. The summed E-state index contributed by atoms with van der Waals surface area (Å²) in [7, 11) is 0. The van der Waals surface area contributed by atoms with E-state index in [1.807, 2.05) is 17.0 Å². The monoisotopic (exact) mass is 417 g/mol. The van der Waals surface area contributed by atoms with Gasteiger partial charge in [0.2, 0.25) is 0 Å². The molecule has 0 saturated heterocycles. The Morgan fingerprint density at radius 2 is 1.71 bits per heavy atom. The van der Waals surface area contributed by atoms with Crippen LogP contribution in [0.4, 0.5) is 0 Å². The summed E-state index contributed by atoms with van der Waals surface area (Å²) in [5.41, 5.74) is 5.76. The molecule has 5 heteroatoms. The van der Waals surface area contributed by atoms with Gasteiger partial charge in [-0.25, -0.2) is 0 Å². The first-order valence-corrected chi connectivity index (χ1v) is 11.3. The highest BCUT2D eigenvalue weighted by Crippen LogP contribution is 2.43. The normalized spacial score (nSPS) is 15.4. The number of fused-ring (bicyclic) bond motifs is 1. The average Bonchev–Trinajstić information content (AvgIpc) is 3.33. The van der Waals surface area contributed by atoms with Crippen LogP contribution in [-0.4, -0.2) is 34.2 Å². The van der Waals surface area contributed by atoms with Gasteiger partial charge < -0.3 is 9.64 Å². The van der Waals surface area contributed by atoms with Gasteiger partial charge in [-0.15, -0.1) is 0 Å². The van der Waals surface area contributed by atoms with Crippen molar-refractivity contribution in [1.82, 2.24) is 15.1 Å². The van der Waals surface area contributed by atoms with Gasteiger partial charge in [0.15, 0.2) is 0 Å². The highest BCUT2D eigenvalue weighted by molar-refractivity contribution is 6.00. The van der Waals surface area contributed by atoms with Crippen LogP contribution in [0.3, 0.4) is 0 Å². The van der Waals surface area contributed by atoms with Crippen LogP contribution in [0.2, 0.25) is 0 Å². The maximum absolute atomic E-state index is 13.3. The van der Waals surface area contributed by atoms with Crippen LogP contribution in [0.25, 0.3) is 11.3 Å². The van der Waals surface area contributed by atoms with Gasteiger partial charge in [-0.2, -0.15) is 5.10 Å². The molecular formula is C26H31N3O2. The minimum atomic E-state index is -0.145. The summed E-state index contributed by atoms with van der Waals surface area (Å²) in [6, 6.07) is 16.4. The summed E-state index contributed by atoms with van der Waals surface area (Å²) in [4.78, 5) is 15.2. The SMILES string of the molecule is CCCCOc1ccc(C2c3c(-c4ccc(C)cc4)n[nH]c3C(=O)N2CCCC)cc1. The Morgan fingerprint density at radius 1 is 1.00 bits per heavy atom. The van der Waals surface area contributed by atoms with E-state index in [9.17, 15) is 4.79 Å². The summed E-state index contributed by atoms with van der Waals surface area (Å²) in [6.45, 7) is 7.83. The third kappa shape index (κ3) is 4.22. The summed E-state index contributed by atoms with van der Waals surface area (Å²) < 4.78 is 5.84. The molecule has 2 heterocycles. The lowest BCUT2D eigenvalue weighted by molar-refractivity contribution is 0.0741. The quantitative estimate of drug-likeness (QED) is 0.440. The first-order valence-electron chi connectivity index (χ1n) is 11.3. The lowest BCUT2D eigenvalue weighted by Gasteiger charge is -2.26. The zero-order valence-electron chi connectivity index (χ0n) is 18.6. The zero-order chi connectivity index (χ0) is 21.8. The third-order valence-corrected chi connectivity index (χ3v) is 5.90. The number of carbonyl (C=O) groups is 1. The molecule has 1 aliphatic rings. The van der Waals surface area contributed by atoms with E-state index in [0.29, 0.717) is 5.69 Å². The van der Waals surface area contributed by atoms with Crippen molar-refractivity contribution in [2.24, 2.45) is 0 Å². The Balaban J connectivity index is 1.72. The lowest BCUT2D eigenvalue weighted by atomic mass is 9.95. The molecule has 1 atom stereocenters. The number of aromatic amines is 1. The number of ether oxygens (including phenoxy) is 1. The zero-order valence-corrected chi connectivity index (χ0v) is 18.6. The summed E-state index contributed by atoms with van der Waals surface area (Å²) in [5, 5.41) is 7.58. The molecule has 1 amide bonds. The van der Waals surface area contributed by atoms with Gasteiger partial charge in [0.25, 0.3) is 5.91 Å². The standard InChI is InChI=1S/C26H31N3O2/c1-4-6-16-29-25(20-12-14-21(15-13-20)31-17-7-5-2)22-23(27-28-24(22)26(29)30)19-10-8-18(3)9-11-19/h8-15,25H,4-7,16-17H2,1-3H3,(H,27,28). The molecule has 1 aliphatic heterocycles. The number of benzene rings is 2. The van der Waals surface area contributed by atoms with Crippen LogP contribution in [0.15, 0.2) is 48.5 Å². The Morgan fingerprint density at radius 3 is 2.39 bits per heavy atom. The highest BCUT2D eigenvalue weighted by Gasteiger charge is 2.41. The van der Waals surface area contributed by atoms with Gasteiger partial charge in [0.1, 0.15) is 11.4 Å². The van der Waals surface area contributed by atoms with Crippen molar-refractivity contribution in [1.29, 1.82) is 0 Å².